The molecule has 82 valence electrons. The van der Waals surface area contributed by atoms with E-state index < -0.39 is 9.84 Å². The molecule has 0 aromatic carbocycles. The molecule has 0 aliphatic carbocycles. The van der Waals surface area contributed by atoms with Crippen LogP contribution in [0.2, 0.25) is 0 Å². The van der Waals surface area contributed by atoms with Gasteiger partial charge in [0.05, 0.1) is 18.1 Å². The lowest BCUT2D eigenvalue weighted by molar-refractivity contribution is 0.177. The first-order chi connectivity index (χ1) is 6.57. The molecule has 3 atom stereocenters. The van der Waals surface area contributed by atoms with E-state index >= 15 is 0 Å². The van der Waals surface area contributed by atoms with Gasteiger partial charge in [0, 0.05) is 24.6 Å². The minimum atomic E-state index is -2.84. The highest BCUT2D eigenvalue weighted by Gasteiger charge is 2.35. The summed E-state index contributed by atoms with van der Waals surface area (Å²) in [6.07, 6.45) is 0.986. The van der Waals surface area contributed by atoms with Crippen molar-refractivity contribution in [2.24, 2.45) is 5.92 Å². The van der Waals surface area contributed by atoms with E-state index in [9.17, 15) is 8.42 Å². The van der Waals surface area contributed by atoms with E-state index in [0.29, 0.717) is 12.5 Å². The van der Waals surface area contributed by atoms with Crippen molar-refractivity contribution in [3.8, 4) is 0 Å². The third-order valence-electron chi connectivity index (χ3n) is 2.97. The Morgan fingerprint density at radius 3 is 2.71 bits per heavy atom. The second-order valence-corrected chi connectivity index (χ2v) is 6.53. The van der Waals surface area contributed by atoms with Crippen molar-refractivity contribution in [1.82, 2.24) is 5.32 Å². The normalized spacial score (nSPS) is 42.5. The molecule has 0 saturated carbocycles. The Morgan fingerprint density at radius 2 is 2.14 bits per heavy atom. The van der Waals surface area contributed by atoms with Gasteiger partial charge < -0.3 is 10.1 Å². The molecule has 2 rings (SSSR count). The maximum absolute atomic E-state index is 11.5. The largest absolute Gasteiger partial charge is 0.381 e. The van der Waals surface area contributed by atoms with Crippen molar-refractivity contribution in [2.75, 3.05) is 24.7 Å². The van der Waals surface area contributed by atoms with Crippen LogP contribution in [0, 0.1) is 5.92 Å². The first kappa shape index (κ1) is 10.4. The molecule has 0 aromatic rings. The van der Waals surface area contributed by atoms with Crippen LogP contribution in [0.25, 0.3) is 0 Å². The third kappa shape index (κ3) is 2.27. The summed E-state index contributed by atoms with van der Waals surface area (Å²) < 4.78 is 28.4. The van der Waals surface area contributed by atoms with Gasteiger partial charge >= 0.3 is 0 Å². The van der Waals surface area contributed by atoms with Crippen molar-refractivity contribution in [3.63, 3.8) is 0 Å². The average Bonchev–Trinajstić information content (AvgIpc) is 2.51. The number of ether oxygens (including phenoxy) is 1. The predicted molar refractivity (Wildman–Crippen MR) is 54.0 cm³/mol. The topological polar surface area (TPSA) is 55.4 Å². The lowest BCUT2D eigenvalue weighted by Crippen LogP contribution is -2.53. The fraction of sp³-hybridized carbons (Fsp3) is 1.00. The number of hydrogen-bond acceptors (Lipinski definition) is 4. The molecule has 1 N–H and O–H groups in total. The van der Waals surface area contributed by atoms with Gasteiger partial charge in [-0.05, 0) is 13.3 Å². The van der Waals surface area contributed by atoms with Crippen molar-refractivity contribution in [1.29, 1.82) is 0 Å². The van der Waals surface area contributed by atoms with Crippen molar-refractivity contribution in [2.45, 2.75) is 25.4 Å². The van der Waals surface area contributed by atoms with Gasteiger partial charge in [-0.1, -0.05) is 0 Å². The van der Waals surface area contributed by atoms with Crippen LogP contribution in [0.5, 0.6) is 0 Å². The average molecular weight is 219 g/mol. The van der Waals surface area contributed by atoms with Gasteiger partial charge in [0.2, 0.25) is 0 Å². The lowest BCUT2D eigenvalue weighted by atomic mass is 10.00. The molecule has 0 aromatic heterocycles. The summed E-state index contributed by atoms with van der Waals surface area (Å²) in [5, 5.41) is 3.35. The second-order valence-electron chi connectivity index (χ2n) is 4.37. The van der Waals surface area contributed by atoms with Crippen LogP contribution in [-0.4, -0.2) is 45.2 Å². The first-order valence-corrected chi connectivity index (χ1v) is 6.93. The van der Waals surface area contributed by atoms with E-state index in [4.69, 9.17) is 4.74 Å². The first-order valence-electron chi connectivity index (χ1n) is 5.11. The summed E-state index contributed by atoms with van der Waals surface area (Å²) >= 11 is 0. The molecule has 2 saturated heterocycles. The Hall–Kier alpha value is -0.130. The summed E-state index contributed by atoms with van der Waals surface area (Å²) in [5.41, 5.74) is 0. The Labute approximate surface area is 84.9 Å². The minimum absolute atomic E-state index is 0.0827. The van der Waals surface area contributed by atoms with E-state index in [1.807, 2.05) is 6.92 Å². The van der Waals surface area contributed by atoms with Gasteiger partial charge in [0.1, 0.15) is 0 Å². The number of nitrogens with one attached hydrogen (secondary N) is 1. The van der Waals surface area contributed by atoms with Crippen LogP contribution in [-0.2, 0) is 14.6 Å². The Bertz CT molecular complexity index is 295. The Morgan fingerprint density at radius 1 is 1.36 bits per heavy atom. The molecule has 5 heteroatoms. The van der Waals surface area contributed by atoms with E-state index in [1.54, 1.807) is 0 Å². The van der Waals surface area contributed by atoms with Crippen molar-refractivity contribution >= 4 is 9.84 Å². The zero-order chi connectivity index (χ0) is 10.2. The molecule has 2 heterocycles. The van der Waals surface area contributed by atoms with Gasteiger partial charge in [-0.15, -0.1) is 0 Å². The SMILES string of the molecule is CC1CS(=O)(=O)CC(C2CCOC2)N1. The van der Waals surface area contributed by atoms with Crippen LogP contribution < -0.4 is 5.32 Å². The predicted octanol–water partition coefficient (Wildman–Crippen LogP) is -0.202. The van der Waals surface area contributed by atoms with E-state index in [-0.39, 0.29) is 23.6 Å². The summed E-state index contributed by atoms with van der Waals surface area (Å²) in [4.78, 5) is 0. The number of rotatable bonds is 1. The molecular weight excluding hydrogens is 202 g/mol. The smallest absolute Gasteiger partial charge is 0.153 e. The zero-order valence-corrected chi connectivity index (χ0v) is 9.22. The Balaban J connectivity index is 2.05. The molecule has 3 unspecified atom stereocenters. The molecule has 0 spiro atoms. The third-order valence-corrected chi connectivity index (χ3v) is 4.84. The van der Waals surface area contributed by atoms with Crippen LogP contribution in [0.4, 0.5) is 0 Å². The molecule has 14 heavy (non-hydrogen) atoms. The standard InChI is InChI=1S/C9H17NO3S/c1-7-5-14(11,12)6-9(10-7)8-2-3-13-4-8/h7-10H,2-6H2,1H3. The summed E-state index contributed by atoms with van der Waals surface area (Å²) in [6, 6.07) is 0.186. The Kier molecular flexibility index (Phi) is 2.81. The number of sulfone groups is 1. The van der Waals surface area contributed by atoms with Crippen molar-refractivity contribution in [3.05, 3.63) is 0 Å². The van der Waals surface area contributed by atoms with Crippen LogP contribution in [0.15, 0.2) is 0 Å². The number of hydrogen-bond donors (Lipinski definition) is 1. The van der Waals surface area contributed by atoms with Gasteiger partial charge in [0.15, 0.2) is 9.84 Å². The highest BCUT2D eigenvalue weighted by molar-refractivity contribution is 7.91. The molecule has 2 aliphatic rings. The van der Waals surface area contributed by atoms with E-state index in [1.165, 1.54) is 0 Å². The van der Waals surface area contributed by atoms with Crippen LogP contribution in [0.3, 0.4) is 0 Å². The molecular formula is C9H17NO3S. The van der Waals surface area contributed by atoms with Crippen molar-refractivity contribution < 1.29 is 13.2 Å². The van der Waals surface area contributed by atoms with Crippen LogP contribution in [0.1, 0.15) is 13.3 Å². The molecule has 2 fully saturated rings. The monoisotopic (exact) mass is 219 g/mol. The summed E-state index contributed by atoms with van der Waals surface area (Å²) in [5.74, 6) is 0.940. The maximum Gasteiger partial charge on any atom is 0.153 e. The molecule has 0 bridgehead atoms. The molecule has 2 aliphatic heterocycles. The second kappa shape index (κ2) is 3.79. The maximum atomic E-state index is 11.5. The van der Waals surface area contributed by atoms with E-state index in [2.05, 4.69) is 5.32 Å². The van der Waals surface area contributed by atoms with Gasteiger partial charge in [-0.2, -0.15) is 0 Å². The fourth-order valence-corrected chi connectivity index (χ4v) is 4.24. The summed E-state index contributed by atoms with van der Waals surface area (Å²) in [6.45, 7) is 3.41. The molecule has 4 nitrogen and oxygen atoms in total. The zero-order valence-electron chi connectivity index (χ0n) is 8.40. The van der Waals surface area contributed by atoms with Gasteiger partial charge in [-0.25, -0.2) is 8.42 Å². The van der Waals surface area contributed by atoms with Crippen LogP contribution >= 0.6 is 0 Å². The minimum Gasteiger partial charge on any atom is -0.381 e. The fourth-order valence-electron chi connectivity index (χ4n) is 2.33. The highest BCUT2D eigenvalue weighted by Crippen LogP contribution is 2.21. The highest BCUT2D eigenvalue weighted by atomic mass is 32.2. The lowest BCUT2D eigenvalue weighted by Gasteiger charge is -2.32. The van der Waals surface area contributed by atoms with Gasteiger partial charge in [-0.3, -0.25) is 0 Å². The van der Waals surface area contributed by atoms with E-state index in [0.717, 1.165) is 13.0 Å². The summed E-state index contributed by atoms with van der Waals surface area (Å²) in [7, 11) is -2.84. The molecule has 0 radical (unpaired) electrons. The van der Waals surface area contributed by atoms with Gasteiger partial charge in [0.25, 0.3) is 0 Å². The molecule has 0 amide bonds. The quantitative estimate of drug-likeness (QED) is 0.663.